The van der Waals surface area contributed by atoms with Gasteiger partial charge in [-0.1, -0.05) is 5.92 Å². The predicted molar refractivity (Wildman–Crippen MR) is 52.5 cm³/mol. The fraction of sp³-hybridized carbons (Fsp3) is 0.600. The van der Waals surface area contributed by atoms with Crippen molar-refractivity contribution in [2.24, 2.45) is 0 Å². The molecule has 1 heteroatoms. The minimum Gasteiger partial charge on any atom is -0.133 e. The summed E-state index contributed by atoms with van der Waals surface area (Å²) in [6.45, 7) is 1.92. The summed E-state index contributed by atoms with van der Waals surface area (Å²) in [7, 11) is 0. The monoisotopic (exact) mass is 166 g/mol. The van der Waals surface area contributed by atoms with Gasteiger partial charge in [0.2, 0.25) is 0 Å². The van der Waals surface area contributed by atoms with Gasteiger partial charge in [0.15, 0.2) is 0 Å². The summed E-state index contributed by atoms with van der Waals surface area (Å²) in [4.78, 5) is 1.52. The van der Waals surface area contributed by atoms with Crippen molar-refractivity contribution in [2.75, 3.05) is 6.26 Å². The minimum absolute atomic E-state index is 1.21. The third kappa shape index (κ3) is 2.31. The standard InChI is InChI=1S/C10H14S/c1-3-6-9-7-4-5-8-10(9)11-2/h4-5,7-8H2,1-2H3. The summed E-state index contributed by atoms with van der Waals surface area (Å²) in [5, 5.41) is 0. The maximum absolute atomic E-state index is 3.19. The molecule has 0 saturated heterocycles. The second kappa shape index (κ2) is 4.51. The van der Waals surface area contributed by atoms with Crippen molar-refractivity contribution in [3.05, 3.63) is 10.5 Å². The summed E-state index contributed by atoms with van der Waals surface area (Å²) < 4.78 is 0. The van der Waals surface area contributed by atoms with Crippen LogP contribution in [0.4, 0.5) is 0 Å². The first-order valence-corrected chi connectivity index (χ1v) is 5.29. The molecule has 0 atom stereocenters. The van der Waals surface area contributed by atoms with E-state index in [1.165, 1.54) is 36.2 Å². The maximum Gasteiger partial charge on any atom is 0.0115 e. The van der Waals surface area contributed by atoms with Gasteiger partial charge in [-0.05, 0) is 43.8 Å². The van der Waals surface area contributed by atoms with Crippen LogP contribution in [0.2, 0.25) is 0 Å². The van der Waals surface area contributed by atoms with Gasteiger partial charge in [-0.25, -0.2) is 0 Å². The lowest BCUT2D eigenvalue weighted by atomic mass is 10.00. The lowest BCUT2D eigenvalue weighted by molar-refractivity contribution is 0.708. The Balaban J connectivity index is 2.78. The summed E-state index contributed by atoms with van der Waals surface area (Å²) in [6, 6.07) is 0. The lowest BCUT2D eigenvalue weighted by Gasteiger charge is -2.14. The highest BCUT2D eigenvalue weighted by Crippen LogP contribution is 2.30. The first-order valence-electron chi connectivity index (χ1n) is 4.07. The molecule has 0 aromatic carbocycles. The number of allylic oxidation sites excluding steroid dienone is 2. The molecule has 0 spiro atoms. The van der Waals surface area contributed by atoms with E-state index in [4.69, 9.17) is 0 Å². The zero-order chi connectivity index (χ0) is 8.10. The maximum atomic E-state index is 3.19. The van der Waals surface area contributed by atoms with Gasteiger partial charge >= 0.3 is 0 Å². The van der Waals surface area contributed by atoms with Crippen LogP contribution < -0.4 is 0 Å². The Hall–Kier alpha value is -0.350. The van der Waals surface area contributed by atoms with E-state index in [-0.39, 0.29) is 0 Å². The molecule has 1 aliphatic rings. The Bertz CT molecular complexity index is 215. The second-order valence-electron chi connectivity index (χ2n) is 2.69. The van der Waals surface area contributed by atoms with E-state index in [0.29, 0.717) is 0 Å². The predicted octanol–water partition coefficient (Wildman–Crippen LogP) is 3.20. The van der Waals surface area contributed by atoms with Crippen molar-refractivity contribution in [2.45, 2.75) is 32.6 Å². The number of hydrogen-bond donors (Lipinski definition) is 0. The molecular formula is C10H14S. The Kier molecular flexibility index (Phi) is 3.59. The van der Waals surface area contributed by atoms with E-state index in [9.17, 15) is 0 Å². The first-order chi connectivity index (χ1) is 5.38. The minimum atomic E-state index is 1.21. The Morgan fingerprint density at radius 1 is 1.27 bits per heavy atom. The van der Waals surface area contributed by atoms with E-state index in [1.807, 2.05) is 18.7 Å². The molecule has 0 aliphatic heterocycles. The van der Waals surface area contributed by atoms with Crippen LogP contribution in [0.15, 0.2) is 10.5 Å². The fourth-order valence-corrected chi connectivity index (χ4v) is 2.13. The average Bonchev–Trinajstić information content (AvgIpc) is 2.06. The fourth-order valence-electron chi connectivity index (χ4n) is 1.39. The number of hydrogen-bond acceptors (Lipinski definition) is 1. The van der Waals surface area contributed by atoms with Crippen LogP contribution in [-0.4, -0.2) is 6.26 Å². The van der Waals surface area contributed by atoms with Gasteiger partial charge in [-0.3, -0.25) is 0 Å². The van der Waals surface area contributed by atoms with Gasteiger partial charge in [-0.15, -0.1) is 17.7 Å². The van der Waals surface area contributed by atoms with Gasteiger partial charge in [0, 0.05) is 5.57 Å². The molecular weight excluding hydrogens is 152 g/mol. The van der Waals surface area contributed by atoms with Gasteiger partial charge < -0.3 is 0 Å². The van der Waals surface area contributed by atoms with Crippen molar-refractivity contribution in [3.63, 3.8) is 0 Å². The molecule has 0 nitrogen and oxygen atoms in total. The van der Waals surface area contributed by atoms with Crippen LogP contribution in [0.5, 0.6) is 0 Å². The molecule has 0 aromatic heterocycles. The molecule has 1 aliphatic carbocycles. The quantitative estimate of drug-likeness (QED) is 0.539. The zero-order valence-electron chi connectivity index (χ0n) is 7.24. The molecule has 11 heavy (non-hydrogen) atoms. The Morgan fingerprint density at radius 3 is 2.64 bits per heavy atom. The molecule has 0 radical (unpaired) electrons. The summed E-state index contributed by atoms with van der Waals surface area (Å²) in [5.41, 5.74) is 1.39. The van der Waals surface area contributed by atoms with Crippen molar-refractivity contribution < 1.29 is 0 Å². The van der Waals surface area contributed by atoms with E-state index >= 15 is 0 Å². The van der Waals surface area contributed by atoms with E-state index in [1.54, 1.807) is 0 Å². The van der Waals surface area contributed by atoms with Crippen LogP contribution in [0.1, 0.15) is 32.6 Å². The Morgan fingerprint density at radius 2 is 2.00 bits per heavy atom. The van der Waals surface area contributed by atoms with E-state index in [0.717, 1.165) is 0 Å². The lowest BCUT2D eigenvalue weighted by Crippen LogP contribution is -1.94. The van der Waals surface area contributed by atoms with Crippen LogP contribution in [0, 0.1) is 11.8 Å². The van der Waals surface area contributed by atoms with Gasteiger partial charge in [0.25, 0.3) is 0 Å². The molecule has 0 amide bonds. The molecule has 0 aromatic rings. The molecule has 0 heterocycles. The molecule has 0 fully saturated rings. The molecule has 0 saturated carbocycles. The smallest absolute Gasteiger partial charge is 0.0115 e. The SMILES string of the molecule is CC#CC1=C(SC)CCCC1. The van der Waals surface area contributed by atoms with Crippen molar-refractivity contribution in [3.8, 4) is 11.8 Å². The van der Waals surface area contributed by atoms with Crippen molar-refractivity contribution in [1.82, 2.24) is 0 Å². The third-order valence-corrected chi connectivity index (χ3v) is 2.88. The Labute approximate surface area is 73.5 Å². The largest absolute Gasteiger partial charge is 0.133 e. The molecule has 0 N–H and O–H groups in total. The molecule has 1 rings (SSSR count). The van der Waals surface area contributed by atoms with E-state index in [2.05, 4.69) is 18.1 Å². The van der Waals surface area contributed by atoms with Gasteiger partial charge in [-0.2, -0.15) is 0 Å². The average molecular weight is 166 g/mol. The van der Waals surface area contributed by atoms with Crippen molar-refractivity contribution >= 4 is 11.8 Å². The van der Waals surface area contributed by atoms with Crippen LogP contribution in [0.3, 0.4) is 0 Å². The molecule has 0 unspecified atom stereocenters. The number of thioether (sulfide) groups is 1. The number of rotatable bonds is 1. The normalized spacial score (nSPS) is 17.6. The molecule has 60 valence electrons. The zero-order valence-corrected chi connectivity index (χ0v) is 8.05. The summed E-state index contributed by atoms with van der Waals surface area (Å²) >= 11 is 1.87. The highest BCUT2D eigenvalue weighted by atomic mass is 32.2. The highest BCUT2D eigenvalue weighted by Gasteiger charge is 2.09. The topological polar surface area (TPSA) is 0 Å². The summed E-state index contributed by atoms with van der Waals surface area (Å²) in [6.07, 6.45) is 7.29. The van der Waals surface area contributed by atoms with Crippen LogP contribution >= 0.6 is 11.8 Å². The van der Waals surface area contributed by atoms with Crippen LogP contribution in [-0.2, 0) is 0 Å². The molecule has 0 bridgehead atoms. The third-order valence-electron chi connectivity index (χ3n) is 1.94. The van der Waals surface area contributed by atoms with Crippen molar-refractivity contribution in [1.29, 1.82) is 0 Å². The van der Waals surface area contributed by atoms with Gasteiger partial charge in [0.1, 0.15) is 0 Å². The highest BCUT2D eigenvalue weighted by molar-refractivity contribution is 8.02. The van der Waals surface area contributed by atoms with Gasteiger partial charge in [0.05, 0.1) is 0 Å². The van der Waals surface area contributed by atoms with Crippen LogP contribution in [0.25, 0.3) is 0 Å². The second-order valence-corrected chi connectivity index (χ2v) is 3.59. The summed E-state index contributed by atoms with van der Waals surface area (Å²) in [5.74, 6) is 6.17. The first kappa shape index (κ1) is 8.74. The van der Waals surface area contributed by atoms with E-state index < -0.39 is 0 Å².